The summed E-state index contributed by atoms with van der Waals surface area (Å²) in [6, 6.07) is 15.8. The number of H-pyrrole nitrogens is 1. The van der Waals surface area contributed by atoms with Crippen LogP contribution in [0.4, 0.5) is 0 Å². The van der Waals surface area contributed by atoms with Crippen molar-refractivity contribution in [3.8, 4) is 28.5 Å². The molecule has 5 rings (SSSR count). The minimum atomic E-state index is -0.610. The Morgan fingerprint density at radius 1 is 0.966 bits per heavy atom. The molecular formula is C22H12N4O3. The van der Waals surface area contributed by atoms with Crippen molar-refractivity contribution >= 4 is 16.8 Å². The lowest BCUT2D eigenvalue weighted by Crippen LogP contribution is -2.29. The molecule has 7 nitrogen and oxygen atoms in total. The van der Waals surface area contributed by atoms with Gasteiger partial charge in [-0.05, 0) is 17.7 Å². The summed E-state index contributed by atoms with van der Waals surface area (Å²) in [4.78, 5) is 45.0. The first-order valence-electron chi connectivity index (χ1n) is 8.83. The number of hydrogen-bond acceptors (Lipinski definition) is 5. The van der Waals surface area contributed by atoms with Crippen LogP contribution in [0.2, 0.25) is 0 Å². The normalized spacial score (nSPS) is 11.9. The number of rotatable bonds is 1. The van der Waals surface area contributed by atoms with Gasteiger partial charge >= 0.3 is 5.69 Å². The summed E-state index contributed by atoms with van der Waals surface area (Å²) in [6.45, 7) is 0. The highest BCUT2D eigenvalue weighted by atomic mass is 16.2. The standard InChI is InChI=1S/C22H12N4O3/c1-26-20-17(21(28)25-22(26)29)15(12-8-6-11(10-23)7-9-12)16-18(24-20)13-4-2-3-5-14(13)19(16)27/h2-9H,1H3,(H,25,28,29). The molecule has 1 N–H and O–H groups in total. The maximum Gasteiger partial charge on any atom is 0.329 e. The van der Waals surface area contributed by atoms with E-state index in [-0.39, 0.29) is 16.8 Å². The molecule has 2 heterocycles. The molecule has 2 aromatic carbocycles. The number of aryl methyl sites for hydroxylation is 1. The zero-order chi connectivity index (χ0) is 20.3. The molecular weight excluding hydrogens is 368 g/mol. The Morgan fingerprint density at radius 3 is 2.34 bits per heavy atom. The van der Waals surface area contributed by atoms with Crippen LogP contribution in [0.15, 0.2) is 58.1 Å². The summed E-state index contributed by atoms with van der Waals surface area (Å²) in [6.07, 6.45) is 0. The van der Waals surface area contributed by atoms with E-state index in [1.54, 1.807) is 42.5 Å². The van der Waals surface area contributed by atoms with Crippen LogP contribution >= 0.6 is 0 Å². The van der Waals surface area contributed by atoms with E-state index < -0.39 is 11.2 Å². The fourth-order valence-electron chi connectivity index (χ4n) is 3.81. The first-order valence-corrected chi connectivity index (χ1v) is 8.83. The first kappa shape index (κ1) is 16.8. The fraction of sp³-hybridized carbons (Fsp3) is 0.0455. The molecule has 0 fully saturated rings. The minimum absolute atomic E-state index is 0.164. The Balaban J connectivity index is 2.02. The van der Waals surface area contributed by atoms with Gasteiger partial charge in [0.15, 0.2) is 11.4 Å². The number of carbonyl (C=O) groups is 1. The van der Waals surface area contributed by atoms with Crippen molar-refractivity contribution < 1.29 is 4.79 Å². The number of fused-ring (bicyclic) bond motifs is 4. The van der Waals surface area contributed by atoms with Crippen molar-refractivity contribution in [2.45, 2.75) is 0 Å². The third-order valence-electron chi connectivity index (χ3n) is 5.20. The third kappa shape index (κ3) is 2.23. The number of aromatic nitrogens is 3. The third-order valence-corrected chi connectivity index (χ3v) is 5.20. The lowest BCUT2D eigenvalue weighted by atomic mass is 9.94. The Morgan fingerprint density at radius 2 is 1.66 bits per heavy atom. The summed E-state index contributed by atoms with van der Waals surface area (Å²) in [5, 5.41) is 9.25. The van der Waals surface area contributed by atoms with Crippen LogP contribution < -0.4 is 11.2 Å². The van der Waals surface area contributed by atoms with Crippen molar-refractivity contribution in [3.63, 3.8) is 0 Å². The molecule has 0 bridgehead atoms. The molecule has 4 aromatic rings. The Hall–Kier alpha value is -4.31. The van der Waals surface area contributed by atoms with E-state index in [1.165, 1.54) is 11.6 Å². The predicted molar refractivity (Wildman–Crippen MR) is 107 cm³/mol. The summed E-state index contributed by atoms with van der Waals surface area (Å²) < 4.78 is 1.26. The van der Waals surface area contributed by atoms with Crippen LogP contribution in [-0.4, -0.2) is 20.3 Å². The molecule has 0 atom stereocenters. The van der Waals surface area contributed by atoms with Crippen LogP contribution in [0.5, 0.6) is 0 Å². The van der Waals surface area contributed by atoms with Gasteiger partial charge in [0.25, 0.3) is 5.56 Å². The van der Waals surface area contributed by atoms with Crippen LogP contribution in [0, 0.1) is 11.3 Å². The van der Waals surface area contributed by atoms with Crippen molar-refractivity contribution in [2.75, 3.05) is 0 Å². The topological polar surface area (TPSA) is 109 Å². The Labute approximate surface area is 163 Å². The number of carbonyl (C=O) groups excluding carboxylic acids is 1. The van der Waals surface area contributed by atoms with Crippen LogP contribution in [0.25, 0.3) is 33.4 Å². The molecule has 0 amide bonds. The van der Waals surface area contributed by atoms with Gasteiger partial charge in [-0.2, -0.15) is 5.26 Å². The average Bonchev–Trinajstić information content (AvgIpc) is 3.03. The number of nitrogens with zero attached hydrogens (tertiary/aromatic N) is 3. The molecule has 0 spiro atoms. The maximum absolute atomic E-state index is 13.2. The number of ketones is 1. The minimum Gasteiger partial charge on any atom is -0.288 e. The zero-order valence-corrected chi connectivity index (χ0v) is 15.2. The number of benzene rings is 2. The lowest BCUT2D eigenvalue weighted by Gasteiger charge is -2.13. The average molecular weight is 380 g/mol. The second-order valence-corrected chi connectivity index (χ2v) is 6.79. The van der Waals surface area contributed by atoms with Gasteiger partial charge in [-0.25, -0.2) is 9.78 Å². The van der Waals surface area contributed by atoms with E-state index in [0.29, 0.717) is 39.1 Å². The highest BCUT2D eigenvalue weighted by Crippen LogP contribution is 2.42. The molecule has 1 aliphatic carbocycles. The van der Waals surface area contributed by atoms with Gasteiger partial charge in [-0.3, -0.25) is 19.1 Å². The van der Waals surface area contributed by atoms with E-state index >= 15 is 0 Å². The zero-order valence-electron chi connectivity index (χ0n) is 15.2. The van der Waals surface area contributed by atoms with E-state index in [4.69, 9.17) is 5.26 Å². The summed E-state index contributed by atoms with van der Waals surface area (Å²) in [5.41, 5.74) is 2.40. The van der Waals surface area contributed by atoms with Gasteiger partial charge in [-0.1, -0.05) is 36.4 Å². The number of aromatic amines is 1. The maximum atomic E-state index is 13.2. The van der Waals surface area contributed by atoms with Crippen molar-refractivity contribution in [2.24, 2.45) is 7.05 Å². The lowest BCUT2D eigenvalue weighted by molar-refractivity contribution is 0.104. The number of nitrogens with one attached hydrogen (secondary N) is 1. The van der Waals surface area contributed by atoms with Gasteiger partial charge in [0.2, 0.25) is 0 Å². The molecule has 29 heavy (non-hydrogen) atoms. The fourth-order valence-corrected chi connectivity index (χ4v) is 3.81. The van der Waals surface area contributed by atoms with E-state index in [0.717, 1.165) is 0 Å². The molecule has 2 aromatic heterocycles. The quantitative estimate of drug-likeness (QED) is 0.480. The number of hydrogen-bond donors (Lipinski definition) is 1. The van der Waals surface area contributed by atoms with Crippen molar-refractivity contribution in [3.05, 3.63) is 86.1 Å². The van der Waals surface area contributed by atoms with Crippen molar-refractivity contribution in [1.82, 2.24) is 14.5 Å². The summed E-state index contributed by atoms with van der Waals surface area (Å²) in [7, 11) is 1.52. The largest absolute Gasteiger partial charge is 0.329 e. The van der Waals surface area contributed by atoms with Gasteiger partial charge in [-0.15, -0.1) is 0 Å². The molecule has 138 valence electrons. The number of pyridine rings is 1. The molecule has 0 unspecified atom stereocenters. The predicted octanol–water partition coefficient (Wildman–Crippen LogP) is 2.37. The Bertz CT molecular complexity index is 1520. The first-order chi connectivity index (χ1) is 14.0. The SMILES string of the molecule is Cn1c(=O)[nH]c(=O)c2c(-c3ccc(C#N)cc3)c3c(nc21)-c1ccccc1C3=O. The van der Waals surface area contributed by atoms with E-state index in [2.05, 4.69) is 16.0 Å². The van der Waals surface area contributed by atoms with Crippen molar-refractivity contribution in [1.29, 1.82) is 5.26 Å². The van der Waals surface area contributed by atoms with E-state index in [1.807, 2.05) is 6.07 Å². The molecule has 0 saturated carbocycles. The molecule has 0 aliphatic heterocycles. The van der Waals surface area contributed by atoms with Gasteiger partial charge in [0, 0.05) is 23.7 Å². The monoisotopic (exact) mass is 380 g/mol. The second-order valence-electron chi connectivity index (χ2n) is 6.79. The summed E-state index contributed by atoms with van der Waals surface area (Å²) >= 11 is 0. The summed E-state index contributed by atoms with van der Waals surface area (Å²) in [5.74, 6) is -0.224. The van der Waals surface area contributed by atoms with Crippen LogP contribution in [0.1, 0.15) is 21.5 Å². The second kappa shape index (κ2) is 5.84. The Kier molecular flexibility index (Phi) is 3.39. The number of nitriles is 1. The highest BCUT2D eigenvalue weighted by molar-refractivity contribution is 6.26. The van der Waals surface area contributed by atoms with E-state index in [9.17, 15) is 14.4 Å². The molecule has 7 heteroatoms. The van der Waals surface area contributed by atoms with Gasteiger partial charge < -0.3 is 0 Å². The molecule has 1 aliphatic rings. The smallest absolute Gasteiger partial charge is 0.288 e. The highest BCUT2D eigenvalue weighted by Gasteiger charge is 2.33. The molecule has 0 radical (unpaired) electrons. The molecule has 0 saturated heterocycles. The van der Waals surface area contributed by atoms with Gasteiger partial charge in [0.05, 0.1) is 28.3 Å². The van der Waals surface area contributed by atoms with Crippen LogP contribution in [-0.2, 0) is 7.05 Å². The van der Waals surface area contributed by atoms with Gasteiger partial charge in [0.1, 0.15) is 0 Å². The van der Waals surface area contributed by atoms with Crippen LogP contribution in [0.3, 0.4) is 0 Å².